The highest BCUT2D eigenvalue weighted by atomic mass is 32.1. The van der Waals surface area contributed by atoms with Crippen molar-refractivity contribution in [3.8, 4) is 0 Å². The average Bonchev–Trinajstić information content (AvgIpc) is 3.40. The van der Waals surface area contributed by atoms with Gasteiger partial charge in [-0.15, -0.1) is 11.3 Å². The lowest BCUT2D eigenvalue weighted by molar-refractivity contribution is -0.129. The van der Waals surface area contributed by atoms with Gasteiger partial charge in [-0.25, -0.2) is 4.98 Å². The van der Waals surface area contributed by atoms with Crippen molar-refractivity contribution in [2.75, 3.05) is 39.4 Å². The highest BCUT2D eigenvalue weighted by Crippen LogP contribution is 2.28. The predicted octanol–water partition coefficient (Wildman–Crippen LogP) is 3.76. The first-order valence-electron chi connectivity index (χ1n) is 15.4. The van der Waals surface area contributed by atoms with Crippen LogP contribution in [-0.4, -0.2) is 79.1 Å². The van der Waals surface area contributed by atoms with Gasteiger partial charge in [0, 0.05) is 51.5 Å². The second-order valence-electron chi connectivity index (χ2n) is 11.7. The number of amides is 3. The summed E-state index contributed by atoms with van der Waals surface area (Å²) >= 11 is 1.57. The molecule has 1 aliphatic heterocycles. The SMILES string of the molecule is CCC(=O)N[C@H](Cc1nc2ccc(C(C)C)cc2s1)C(=O)NC[C@H](NC(=O)CCN1CCOCC1)C1CCCCC1. The van der Waals surface area contributed by atoms with Gasteiger partial charge in [0.25, 0.3) is 0 Å². The van der Waals surface area contributed by atoms with E-state index in [1.807, 2.05) is 6.07 Å². The Kier molecular flexibility index (Phi) is 11.9. The molecule has 41 heavy (non-hydrogen) atoms. The molecule has 3 N–H and O–H groups in total. The molecule has 1 aromatic heterocycles. The Bertz CT molecular complexity index is 1160. The number of hydrogen-bond donors (Lipinski definition) is 3. The normalized spacial score (nSPS) is 18.2. The quantitative estimate of drug-likeness (QED) is 0.330. The minimum absolute atomic E-state index is 0.0207. The number of benzene rings is 1. The number of ether oxygens (including phenoxy) is 1. The van der Waals surface area contributed by atoms with Crippen LogP contribution in [0.25, 0.3) is 10.2 Å². The molecule has 1 saturated carbocycles. The van der Waals surface area contributed by atoms with Crippen molar-refractivity contribution in [2.24, 2.45) is 5.92 Å². The van der Waals surface area contributed by atoms with E-state index in [2.05, 4.69) is 46.8 Å². The predicted molar refractivity (Wildman–Crippen MR) is 163 cm³/mol. The van der Waals surface area contributed by atoms with Gasteiger partial charge in [-0.2, -0.15) is 0 Å². The van der Waals surface area contributed by atoms with Crippen LogP contribution in [0.2, 0.25) is 0 Å². The van der Waals surface area contributed by atoms with Gasteiger partial charge in [0.05, 0.1) is 28.4 Å². The second kappa shape index (κ2) is 15.6. The van der Waals surface area contributed by atoms with Gasteiger partial charge in [0.1, 0.15) is 6.04 Å². The van der Waals surface area contributed by atoms with Crippen LogP contribution in [0.1, 0.15) is 82.2 Å². The summed E-state index contributed by atoms with van der Waals surface area (Å²) in [5, 5.41) is 10.0. The molecule has 3 amide bonds. The standard InChI is InChI=1S/C31H47N5O4S/c1-4-28(37)33-25(19-30-35-24-11-10-23(21(2)3)18-27(24)41-30)31(39)32-20-26(22-8-6-5-7-9-22)34-29(38)12-13-36-14-16-40-17-15-36/h10-11,18,21-22,25-26H,4-9,12-17,19-20H2,1-3H3,(H,32,39)(H,33,37)(H,34,38)/t25-,26+/m1/s1. The van der Waals surface area contributed by atoms with Gasteiger partial charge in [0.2, 0.25) is 17.7 Å². The monoisotopic (exact) mass is 585 g/mol. The molecular formula is C31H47N5O4S. The highest BCUT2D eigenvalue weighted by molar-refractivity contribution is 7.18. The Hall–Kier alpha value is -2.56. The molecule has 9 nitrogen and oxygen atoms in total. The van der Waals surface area contributed by atoms with Crippen LogP contribution in [-0.2, 0) is 25.5 Å². The largest absolute Gasteiger partial charge is 0.379 e. The van der Waals surface area contributed by atoms with E-state index in [0.29, 0.717) is 57.4 Å². The molecule has 4 rings (SSSR count). The van der Waals surface area contributed by atoms with E-state index >= 15 is 0 Å². The van der Waals surface area contributed by atoms with Crippen molar-refractivity contribution < 1.29 is 19.1 Å². The summed E-state index contributed by atoms with van der Waals surface area (Å²) in [6.45, 7) is 10.3. The average molecular weight is 586 g/mol. The molecule has 2 heterocycles. The molecule has 2 aromatic rings. The lowest BCUT2D eigenvalue weighted by Crippen LogP contribution is -2.53. The summed E-state index contributed by atoms with van der Waals surface area (Å²) in [5.41, 5.74) is 2.16. The van der Waals surface area contributed by atoms with Crippen LogP contribution in [0.3, 0.4) is 0 Å². The number of rotatable bonds is 13. The van der Waals surface area contributed by atoms with Crippen LogP contribution in [0.5, 0.6) is 0 Å². The molecule has 0 radical (unpaired) electrons. The number of morpholine rings is 1. The first kappa shape index (κ1) is 31.4. The third-order valence-electron chi connectivity index (χ3n) is 8.30. The smallest absolute Gasteiger partial charge is 0.243 e. The van der Waals surface area contributed by atoms with Crippen molar-refractivity contribution in [3.63, 3.8) is 0 Å². The third kappa shape index (κ3) is 9.48. The van der Waals surface area contributed by atoms with E-state index in [9.17, 15) is 14.4 Å². The maximum Gasteiger partial charge on any atom is 0.243 e. The minimum Gasteiger partial charge on any atom is -0.379 e. The Morgan fingerprint density at radius 1 is 1.07 bits per heavy atom. The molecular weight excluding hydrogens is 538 g/mol. The van der Waals surface area contributed by atoms with E-state index in [-0.39, 0.29) is 23.8 Å². The number of thiazole rings is 1. The summed E-state index contributed by atoms with van der Waals surface area (Å²) < 4.78 is 6.50. The van der Waals surface area contributed by atoms with E-state index in [1.165, 1.54) is 12.0 Å². The molecule has 226 valence electrons. The van der Waals surface area contributed by atoms with Crippen LogP contribution < -0.4 is 16.0 Å². The molecule has 1 aliphatic carbocycles. The third-order valence-corrected chi connectivity index (χ3v) is 9.34. The number of carbonyl (C=O) groups is 3. The molecule has 0 spiro atoms. The maximum atomic E-state index is 13.5. The number of carbonyl (C=O) groups excluding carboxylic acids is 3. The summed E-state index contributed by atoms with van der Waals surface area (Å²) in [4.78, 5) is 45.8. The fourth-order valence-corrected chi connectivity index (χ4v) is 6.75. The molecule has 0 bridgehead atoms. The first-order chi connectivity index (χ1) is 19.8. The lowest BCUT2D eigenvalue weighted by Gasteiger charge is -2.32. The van der Waals surface area contributed by atoms with E-state index < -0.39 is 6.04 Å². The summed E-state index contributed by atoms with van der Waals surface area (Å²) in [7, 11) is 0. The first-order valence-corrected chi connectivity index (χ1v) is 16.2. The minimum atomic E-state index is -0.725. The topological polar surface area (TPSA) is 113 Å². The molecule has 1 aromatic carbocycles. The lowest BCUT2D eigenvalue weighted by atomic mass is 9.83. The van der Waals surface area contributed by atoms with Crippen LogP contribution >= 0.6 is 11.3 Å². The van der Waals surface area contributed by atoms with Gasteiger partial charge in [-0.05, 0) is 42.4 Å². The van der Waals surface area contributed by atoms with Gasteiger partial charge in [-0.1, -0.05) is 46.1 Å². The molecule has 2 atom stereocenters. The van der Waals surface area contributed by atoms with Gasteiger partial charge in [0.15, 0.2) is 0 Å². The summed E-state index contributed by atoms with van der Waals surface area (Å²) in [6, 6.07) is 5.44. The zero-order valence-corrected chi connectivity index (χ0v) is 25.7. The Balaban J connectivity index is 1.39. The molecule has 10 heteroatoms. The summed E-state index contributed by atoms with van der Waals surface area (Å²) in [6.07, 6.45) is 6.65. The number of hydrogen-bond acceptors (Lipinski definition) is 7. The van der Waals surface area contributed by atoms with Gasteiger partial charge in [-0.3, -0.25) is 19.3 Å². The summed E-state index contributed by atoms with van der Waals surface area (Å²) in [5.74, 6) is 0.363. The molecule has 1 saturated heterocycles. The fourth-order valence-electron chi connectivity index (χ4n) is 5.68. The molecule has 2 fully saturated rings. The highest BCUT2D eigenvalue weighted by Gasteiger charge is 2.28. The molecule has 2 aliphatic rings. The number of fused-ring (bicyclic) bond motifs is 1. The van der Waals surface area contributed by atoms with E-state index in [0.717, 1.165) is 54.0 Å². The maximum absolute atomic E-state index is 13.5. The van der Waals surface area contributed by atoms with Crippen molar-refractivity contribution in [1.29, 1.82) is 0 Å². The van der Waals surface area contributed by atoms with Crippen molar-refractivity contribution in [1.82, 2.24) is 25.8 Å². The van der Waals surface area contributed by atoms with Crippen LogP contribution in [0.15, 0.2) is 18.2 Å². The Morgan fingerprint density at radius 2 is 1.83 bits per heavy atom. The van der Waals surface area contributed by atoms with Gasteiger partial charge < -0.3 is 20.7 Å². The number of aromatic nitrogens is 1. The zero-order valence-electron chi connectivity index (χ0n) is 24.9. The number of nitrogens with zero attached hydrogens (tertiary/aromatic N) is 2. The van der Waals surface area contributed by atoms with E-state index in [1.54, 1.807) is 18.3 Å². The fraction of sp³-hybridized carbons (Fsp3) is 0.677. The Labute approximate surface area is 248 Å². The van der Waals surface area contributed by atoms with Crippen molar-refractivity contribution in [3.05, 3.63) is 28.8 Å². The Morgan fingerprint density at radius 3 is 2.54 bits per heavy atom. The second-order valence-corrected chi connectivity index (χ2v) is 12.8. The van der Waals surface area contributed by atoms with Crippen LogP contribution in [0.4, 0.5) is 0 Å². The number of nitrogens with one attached hydrogen (secondary N) is 3. The van der Waals surface area contributed by atoms with Gasteiger partial charge >= 0.3 is 0 Å². The van der Waals surface area contributed by atoms with Crippen molar-refractivity contribution in [2.45, 2.75) is 90.1 Å². The van der Waals surface area contributed by atoms with Crippen LogP contribution in [0, 0.1) is 5.92 Å². The molecule has 0 unspecified atom stereocenters. The van der Waals surface area contributed by atoms with E-state index in [4.69, 9.17) is 9.72 Å². The zero-order chi connectivity index (χ0) is 29.2. The van der Waals surface area contributed by atoms with Crippen molar-refractivity contribution >= 4 is 39.3 Å².